The number of benzene rings is 9. The number of carbonyl (C=O) groups is 2. The van der Waals surface area contributed by atoms with E-state index in [1.165, 1.54) is 113 Å². The Labute approximate surface area is 606 Å². The quantitative estimate of drug-likeness (QED) is 0.0305. The first-order chi connectivity index (χ1) is 48.7. The van der Waals surface area contributed by atoms with Crippen LogP contribution in [0.3, 0.4) is 0 Å². The van der Waals surface area contributed by atoms with Gasteiger partial charge in [0.05, 0.1) is 11.1 Å². The number of hydrogen-bond donors (Lipinski definition) is 6. The molecule has 2 aromatic heterocycles. The van der Waals surface area contributed by atoms with E-state index in [1.54, 1.807) is 0 Å². The summed E-state index contributed by atoms with van der Waals surface area (Å²) in [5.41, 5.74) is 23.4. The molecule has 102 heavy (non-hydrogen) atoms. The van der Waals surface area contributed by atoms with Crippen molar-refractivity contribution in [2.75, 3.05) is 0 Å². The summed E-state index contributed by atoms with van der Waals surface area (Å²) in [6.07, 6.45) is 4.79. The predicted molar refractivity (Wildman–Crippen MR) is 412 cm³/mol. The van der Waals surface area contributed by atoms with Crippen LogP contribution in [0.15, 0.2) is 243 Å². The van der Waals surface area contributed by atoms with Crippen LogP contribution in [0, 0.1) is 0 Å². The molecule has 0 unspecified atom stereocenters. The highest BCUT2D eigenvalue weighted by atomic mass is 16.5. The Hall–Kier alpha value is -9.77. The SMILES string of the molecule is CC(C)c1cccc(C(C)C)c1-n1c(-c2ccccc2)c[n+](-c2c(C(C)C)cccc2C(C)C)c1-c1ccccc1.CC(C)c1cccc(C(C)C)c1-n1c(-c2ccccc2)c[n+](-c2c(C(C)C)cccc2C(C)C)c1-c1ccccc1.O=C[O-].O=C[O-].OB(O)O.OB(O)O.c1ccccc1. The zero-order valence-electron chi connectivity index (χ0n) is 62.1. The summed E-state index contributed by atoms with van der Waals surface area (Å²) in [6.45, 7) is 36.0. The molecule has 11 aromatic rings. The molecule has 534 valence electrons. The lowest BCUT2D eigenvalue weighted by molar-refractivity contribution is -0.584. The number of rotatable bonds is 16. The van der Waals surface area contributed by atoms with Gasteiger partial charge in [-0.1, -0.05) is 317 Å². The Morgan fingerprint density at radius 2 is 0.451 bits per heavy atom. The second kappa shape index (κ2) is 41.2. The Bertz CT molecular complexity index is 3890. The van der Waals surface area contributed by atoms with Crippen LogP contribution in [0.2, 0.25) is 0 Å². The number of carbonyl (C=O) groups excluding carboxylic acids is 2. The van der Waals surface area contributed by atoms with Gasteiger partial charge in [-0.25, -0.2) is 0 Å². The summed E-state index contributed by atoms with van der Waals surface area (Å²) < 4.78 is 10.1. The molecule has 0 aliphatic rings. The van der Waals surface area contributed by atoms with E-state index in [-0.39, 0.29) is 0 Å². The molecule has 0 saturated heterocycles. The summed E-state index contributed by atoms with van der Waals surface area (Å²) in [7, 11) is -4.33. The molecule has 16 heteroatoms. The molecule has 11 rings (SSSR count). The summed E-state index contributed by atoms with van der Waals surface area (Å²) >= 11 is 0. The monoisotopic (exact) mass is 1370 g/mol. The van der Waals surface area contributed by atoms with Gasteiger partial charge >= 0.3 is 14.6 Å². The molecule has 9 aromatic carbocycles. The van der Waals surface area contributed by atoms with Crippen molar-refractivity contribution in [1.82, 2.24) is 9.13 Å². The molecule has 2 heterocycles. The highest BCUT2D eigenvalue weighted by Gasteiger charge is 2.37. The maximum absolute atomic E-state index is 8.25. The molecule has 0 atom stereocenters. The largest absolute Gasteiger partial charge is 0.631 e. The van der Waals surface area contributed by atoms with Gasteiger partial charge < -0.3 is 49.9 Å². The van der Waals surface area contributed by atoms with Gasteiger partial charge in [0.25, 0.3) is 11.6 Å². The van der Waals surface area contributed by atoms with E-state index in [4.69, 9.17) is 49.9 Å². The fourth-order valence-electron chi connectivity index (χ4n) is 12.6. The molecule has 0 aliphatic carbocycles. The molecule has 0 spiro atoms. The average Bonchev–Trinajstić information content (AvgIpc) is 1.57. The lowest BCUT2D eigenvalue weighted by atomic mass is 9.91. The minimum absolute atomic E-state index is 0.376. The van der Waals surface area contributed by atoms with Gasteiger partial charge in [-0.15, -0.1) is 0 Å². The molecule has 14 nitrogen and oxygen atoms in total. The molecular formula is C86H104B2N4O10. The zero-order chi connectivity index (χ0) is 75.3. The van der Waals surface area contributed by atoms with E-state index in [1.807, 2.05) is 36.4 Å². The van der Waals surface area contributed by atoms with Gasteiger partial charge in [0.2, 0.25) is 0 Å². The number of carboxylic acid groups (broad SMARTS) is 2. The highest BCUT2D eigenvalue weighted by molar-refractivity contribution is 6.30. The highest BCUT2D eigenvalue weighted by Crippen LogP contribution is 2.42. The summed E-state index contributed by atoms with van der Waals surface area (Å²) in [6, 6.07) is 83.2. The standard InChI is InChI=1S/2C39H45N2.C6H6.2CH2O2.2BH3O3/c2*1-26(2)32-21-15-22-33(27(3)4)37(32)40-25-36(30-17-11-9-12-18-30)41(39(40)31-19-13-10-14-20-31)38-34(28(5)6)23-16-24-35(38)29(7)8;1-2-4-6-5-3-1;2*2-1-3;2*2-1(3)4/h2*9-29H,1-8H3;1-6H;2*1H,(H,2,3);2*2-4H/q2*+1;;;;;/p-2. The van der Waals surface area contributed by atoms with Crippen molar-refractivity contribution in [1.29, 1.82) is 0 Å². The number of nitrogens with zero attached hydrogens (tertiary/aromatic N) is 4. The van der Waals surface area contributed by atoms with Crippen molar-refractivity contribution in [3.63, 3.8) is 0 Å². The Morgan fingerprint density at radius 3 is 0.637 bits per heavy atom. The van der Waals surface area contributed by atoms with Gasteiger partial charge in [-0.2, -0.15) is 18.3 Å². The Morgan fingerprint density at radius 1 is 0.284 bits per heavy atom. The minimum atomic E-state index is -2.17. The van der Waals surface area contributed by atoms with E-state index in [0.29, 0.717) is 47.3 Å². The van der Waals surface area contributed by atoms with E-state index in [0.717, 1.165) is 0 Å². The summed E-state index contributed by atoms with van der Waals surface area (Å²) in [5.74, 6) is 5.43. The molecule has 0 saturated carbocycles. The molecule has 0 bridgehead atoms. The maximum Gasteiger partial charge on any atom is 0.631 e. The second-order valence-electron chi connectivity index (χ2n) is 27.0. The fourth-order valence-corrected chi connectivity index (χ4v) is 12.6. The van der Waals surface area contributed by atoms with Crippen LogP contribution >= 0.6 is 0 Å². The van der Waals surface area contributed by atoms with Crippen LogP contribution in [0.5, 0.6) is 0 Å². The first-order valence-corrected chi connectivity index (χ1v) is 35.0. The van der Waals surface area contributed by atoms with Crippen molar-refractivity contribution in [2.45, 2.75) is 158 Å². The van der Waals surface area contributed by atoms with Crippen LogP contribution < -0.4 is 19.3 Å². The third kappa shape index (κ3) is 22.1. The third-order valence-corrected chi connectivity index (χ3v) is 17.0. The molecule has 0 aliphatic heterocycles. The molecule has 0 radical (unpaired) electrons. The van der Waals surface area contributed by atoms with Gasteiger partial charge in [-0.05, 0) is 71.6 Å². The van der Waals surface area contributed by atoms with Crippen molar-refractivity contribution in [2.24, 2.45) is 0 Å². The van der Waals surface area contributed by atoms with Gasteiger partial charge in [0.1, 0.15) is 35.1 Å². The lowest BCUT2D eigenvalue weighted by Crippen LogP contribution is -2.35. The first kappa shape index (κ1) is 82.9. The third-order valence-electron chi connectivity index (χ3n) is 17.0. The van der Waals surface area contributed by atoms with E-state index >= 15 is 0 Å². The molecular weight excluding hydrogens is 1270 g/mol. The lowest BCUT2D eigenvalue weighted by Gasteiger charge is -2.20. The zero-order valence-corrected chi connectivity index (χ0v) is 62.1. The van der Waals surface area contributed by atoms with Crippen molar-refractivity contribution >= 4 is 27.6 Å². The molecule has 0 amide bonds. The van der Waals surface area contributed by atoms with E-state index in [9.17, 15) is 0 Å². The molecule has 0 fully saturated rings. The van der Waals surface area contributed by atoms with Gasteiger partial charge in [-0.3, -0.25) is 0 Å². The van der Waals surface area contributed by atoms with Crippen molar-refractivity contribution in [3.05, 3.63) is 287 Å². The summed E-state index contributed by atoms with van der Waals surface area (Å²) in [4.78, 5) is 16.5. The Balaban J connectivity index is 0.000000290. The molecule has 6 N–H and O–H groups in total. The minimum Gasteiger partial charge on any atom is -0.554 e. The van der Waals surface area contributed by atoms with Crippen LogP contribution in [0.1, 0.15) is 203 Å². The number of imidazole rings is 2. The van der Waals surface area contributed by atoms with Crippen LogP contribution in [-0.2, 0) is 9.59 Å². The first-order valence-electron chi connectivity index (χ1n) is 35.0. The second-order valence-corrected chi connectivity index (χ2v) is 27.0. The van der Waals surface area contributed by atoms with Crippen LogP contribution in [0.4, 0.5) is 0 Å². The summed E-state index contributed by atoms with van der Waals surface area (Å²) in [5, 5.41) is 59.5. The predicted octanol–water partition coefficient (Wildman–Crippen LogP) is 15.5. The van der Waals surface area contributed by atoms with Gasteiger partial charge in [0.15, 0.2) is 11.4 Å². The maximum atomic E-state index is 8.25. The number of para-hydroxylation sites is 4. The Kier molecular flexibility index (Phi) is 33.5. The van der Waals surface area contributed by atoms with E-state index < -0.39 is 27.6 Å². The number of aromatic nitrogens is 4. The average molecular weight is 1380 g/mol. The van der Waals surface area contributed by atoms with E-state index in [2.05, 4.69) is 336 Å². The van der Waals surface area contributed by atoms with Crippen LogP contribution in [-0.4, -0.2) is 66.9 Å². The normalized spacial score (nSPS) is 10.7. The number of hydrogen-bond acceptors (Lipinski definition) is 10. The van der Waals surface area contributed by atoms with Crippen molar-refractivity contribution < 1.29 is 59.1 Å². The fraction of sp³-hybridized carbons (Fsp3) is 0.279. The smallest absolute Gasteiger partial charge is 0.554 e. The van der Waals surface area contributed by atoms with Crippen molar-refractivity contribution in [3.8, 4) is 68.0 Å². The van der Waals surface area contributed by atoms with Crippen LogP contribution in [0.25, 0.3) is 68.0 Å². The van der Waals surface area contributed by atoms with Gasteiger partial charge in [0, 0.05) is 68.6 Å². The topological polar surface area (TPSA) is 219 Å².